The predicted octanol–water partition coefficient (Wildman–Crippen LogP) is 8.49. The number of fused-ring (bicyclic) bond motifs is 4. The molecular weight excluding hydrogens is 457 g/mol. The van der Waals surface area contributed by atoms with Crippen molar-refractivity contribution in [1.29, 1.82) is 0 Å². The highest BCUT2D eigenvalue weighted by Gasteiger charge is 2.30. The first-order valence-corrected chi connectivity index (χ1v) is 13.2. The summed E-state index contributed by atoms with van der Waals surface area (Å²) in [7, 11) is 1.97. The van der Waals surface area contributed by atoms with E-state index in [1.54, 1.807) is 24.3 Å². The minimum Gasteiger partial charge on any atom is -0.454 e. The molecule has 7 rings (SSSR count). The Hall–Kier alpha value is -3.46. The van der Waals surface area contributed by atoms with Gasteiger partial charge in [-0.1, -0.05) is 62.4 Å². The van der Waals surface area contributed by atoms with E-state index in [1.165, 1.54) is 6.07 Å². The first-order valence-electron chi connectivity index (χ1n) is 15.7. The third kappa shape index (κ3) is 3.70. The quantitative estimate of drug-likeness (QED) is 0.229. The highest BCUT2D eigenvalue weighted by Crippen LogP contribution is 2.44. The minimum absolute atomic E-state index is 0.130. The topological polar surface area (TPSA) is 17.0 Å². The lowest BCUT2D eigenvalue weighted by Gasteiger charge is -2.27. The molecular formula is C34H33FNO+. The second kappa shape index (κ2) is 8.83. The van der Waals surface area contributed by atoms with Gasteiger partial charge in [-0.25, -0.2) is 8.96 Å². The molecule has 1 fully saturated rings. The van der Waals surface area contributed by atoms with Crippen LogP contribution in [0, 0.1) is 24.6 Å². The van der Waals surface area contributed by atoms with Crippen LogP contribution in [0.3, 0.4) is 0 Å². The van der Waals surface area contributed by atoms with Crippen LogP contribution in [0.5, 0.6) is 0 Å². The Morgan fingerprint density at radius 3 is 2.46 bits per heavy atom. The maximum absolute atomic E-state index is 15.8. The van der Waals surface area contributed by atoms with Gasteiger partial charge in [0.2, 0.25) is 5.69 Å². The number of hydrogen-bond acceptors (Lipinski definition) is 1. The molecule has 0 radical (unpaired) electrons. The van der Waals surface area contributed by atoms with Crippen LogP contribution in [0.2, 0.25) is 0 Å². The summed E-state index contributed by atoms with van der Waals surface area (Å²) in [5.74, 6) is -2.87. The van der Waals surface area contributed by atoms with Crippen LogP contribution in [-0.2, 0) is 19.8 Å². The second-order valence-electron chi connectivity index (χ2n) is 10.5. The molecule has 0 saturated heterocycles. The Bertz CT molecular complexity index is 1890. The van der Waals surface area contributed by atoms with Gasteiger partial charge >= 0.3 is 0 Å². The number of pyridine rings is 1. The van der Waals surface area contributed by atoms with E-state index in [9.17, 15) is 1.37 Å². The van der Waals surface area contributed by atoms with E-state index >= 15 is 4.39 Å². The van der Waals surface area contributed by atoms with Crippen LogP contribution in [0.15, 0.2) is 71.3 Å². The molecule has 0 spiro atoms. The third-order valence-corrected chi connectivity index (χ3v) is 8.14. The maximum Gasteiger partial charge on any atom is 0.216 e. The van der Waals surface area contributed by atoms with E-state index in [0.717, 1.165) is 46.9 Å². The summed E-state index contributed by atoms with van der Waals surface area (Å²) < 4.78 is 70.1. The van der Waals surface area contributed by atoms with Gasteiger partial charge < -0.3 is 4.42 Å². The Morgan fingerprint density at radius 1 is 0.892 bits per heavy atom. The molecule has 2 aliphatic carbocycles. The normalized spacial score (nSPS) is 24.8. The first kappa shape index (κ1) is 17.9. The van der Waals surface area contributed by atoms with Gasteiger partial charge in [0.25, 0.3) is 0 Å². The van der Waals surface area contributed by atoms with E-state index in [1.807, 2.05) is 55.1 Å². The van der Waals surface area contributed by atoms with E-state index in [2.05, 4.69) is 0 Å². The zero-order valence-corrected chi connectivity index (χ0v) is 21.2. The molecule has 2 aromatic heterocycles. The number of rotatable bonds is 3. The van der Waals surface area contributed by atoms with E-state index in [0.29, 0.717) is 29.6 Å². The standard InChI is InChI=1S/C34H33FNO/c1-21-11-14-27-28-15-16-29(35)32(34(28)37-33(27)31(21)30-10-6-7-17-36(30)2)24-13-12-23-18-25(20-26(23)19-24)22-8-4-3-5-9-22/h6-7,10-17,19,22,25H,3-5,8-9,18,20H2,1-2H3/q+1/i18D2,20D2,25D. The summed E-state index contributed by atoms with van der Waals surface area (Å²) in [4.78, 5) is 0. The Labute approximate surface area is 224 Å². The number of benzene rings is 3. The van der Waals surface area contributed by atoms with Crippen molar-refractivity contribution in [3.05, 3.63) is 89.4 Å². The van der Waals surface area contributed by atoms with Crippen molar-refractivity contribution in [2.75, 3.05) is 0 Å². The molecule has 2 heterocycles. The molecule has 0 bridgehead atoms. The smallest absolute Gasteiger partial charge is 0.216 e. The maximum atomic E-state index is 15.8. The fourth-order valence-electron chi connectivity index (χ4n) is 6.18. The fraction of sp³-hybridized carbons (Fsp3) is 0.324. The lowest BCUT2D eigenvalue weighted by Crippen LogP contribution is -2.30. The molecule has 2 nitrogen and oxygen atoms in total. The van der Waals surface area contributed by atoms with Gasteiger partial charge in [-0.3, -0.25) is 0 Å². The average Bonchev–Trinajstić information content (AvgIpc) is 3.40. The number of aryl methyl sites for hydroxylation is 2. The van der Waals surface area contributed by atoms with Crippen LogP contribution < -0.4 is 4.57 Å². The lowest BCUT2D eigenvalue weighted by molar-refractivity contribution is -0.660. The SMILES string of the molecule is [2H]C1([2H])c2ccc(-c3c(F)ccc4c3oc3c(-c5cccc[n+]5C)c(C)ccc34)cc2C([2H])([2H])C1([2H])C1CCCCC1. The molecule has 2 aliphatic rings. The van der Waals surface area contributed by atoms with Gasteiger partial charge in [-0.2, -0.15) is 0 Å². The number of nitrogens with zero attached hydrogens (tertiary/aromatic N) is 1. The van der Waals surface area contributed by atoms with Gasteiger partial charge in [0.15, 0.2) is 6.20 Å². The van der Waals surface area contributed by atoms with E-state index in [4.69, 9.17) is 9.90 Å². The third-order valence-electron chi connectivity index (χ3n) is 8.14. The zero-order valence-electron chi connectivity index (χ0n) is 26.2. The monoisotopic (exact) mass is 495 g/mol. The average molecular weight is 496 g/mol. The van der Waals surface area contributed by atoms with Crippen LogP contribution >= 0.6 is 0 Å². The van der Waals surface area contributed by atoms with Crippen molar-refractivity contribution in [3.8, 4) is 22.4 Å². The Balaban J connectivity index is 1.45. The number of halogens is 1. The Morgan fingerprint density at radius 2 is 1.65 bits per heavy atom. The zero-order chi connectivity index (χ0) is 29.6. The molecule has 1 unspecified atom stereocenters. The van der Waals surface area contributed by atoms with Gasteiger partial charge in [0.05, 0.1) is 11.1 Å². The molecule has 0 N–H and O–H groups in total. The highest BCUT2D eigenvalue weighted by molar-refractivity contribution is 6.13. The Kier molecular flexibility index (Phi) is 4.27. The molecule has 37 heavy (non-hydrogen) atoms. The number of hydrogen-bond donors (Lipinski definition) is 0. The summed E-state index contributed by atoms with van der Waals surface area (Å²) in [5.41, 5.74) is 4.85. The van der Waals surface area contributed by atoms with Crippen LogP contribution in [0.1, 0.15) is 55.6 Å². The summed E-state index contributed by atoms with van der Waals surface area (Å²) in [5, 5.41) is 1.60. The second-order valence-corrected chi connectivity index (χ2v) is 10.5. The molecule has 1 atom stereocenters. The largest absolute Gasteiger partial charge is 0.454 e. The highest BCUT2D eigenvalue weighted by atomic mass is 19.1. The summed E-state index contributed by atoms with van der Waals surface area (Å²) >= 11 is 0. The molecule has 5 aromatic rings. The van der Waals surface area contributed by atoms with Crippen LogP contribution in [0.4, 0.5) is 4.39 Å². The van der Waals surface area contributed by atoms with Crippen molar-refractivity contribution < 1.29 is 20.2 Å². The molecule has 0 aliphatic heterocycles. The summed E-state index contributed by atoms with van der Waals surface area (Å²) in [6.07, 6.45) is 1.58. The van der Waals surface area contributed by atoms with E-state index in [-0.39, 0.29) is 16.7 Å². The molecule has 186 valence electrons. The predicted molar refractivity (Wildman–Crippen MR) is 148 cm³/mol. The van der Waals surface area contributed by atoms with Crippen molar-refractivity contribution in [2.24, 2.45) is 18.9 Å². The van der Waals surface area contributed by atoms with Gasteiger partial charge in [0, 0.05) is 29.8 Å². The van der Waals surface area contributed by atoms with E-state index < -0.39 is 30.4 Å². The van der Waals surface area contributed by atoms with Crippen LogP contribution in [-0.4, -0.2) is 0 Å². The van der Waals surface area contributed by atoms with Crippen LogP contribution in [0.25, 0.3) is 44.3 Å². The van der Waals surface area contributed by atoms with Gasteiger partial charge in [-0.05, 0) is 71.9 Å². The molecule has 3 heteroatoms. The summed E-state index contributed by atoms with van der Waals surface area (Å²) in [6, 6.07) is 17.9. The van der Waals surface area contributed by atoms with Crippen molar-refractivity contribution in [2.45, 2.75) is 51.8 Å². The van der Waals surface area contributed by atoms with Gasteiger partial charge in [0.1, 0.15) is 24.0 Å². The van der Waals surface area contributed by atoms with Crippen molar-refractivity contribution in [3.63, 3.8) is 0 Å². The van der Waals surface area contributed by atoms with Crippen molar-refractivity contribution >= 4 is 21.9 Å². The molecule has 3 aromatic carbocycles. The lowest BCUT2D eigenvalue weighted by atomic mass is 9.79. The number of furan rings is 1. The molecule has 1 saturated carbocycles. The minimum atomic E-state index is -2.26. The first-order chi connectivity index (χ1) is 20.0. The fourth-order valence-corrected chi connectivity index (χ4v) is 6.18. The number of aromatic nitrogens is 1. The van der Waals surface area contributed by atoms with Gasteiger partial charge in [-0.15, -0.1) is 0 Å². The molecule has 0 amide bonds. The van der Waals surface area contributed by atoms with Crippen molar-refractivity contribution in [1.82, 2.24) is 0 Å². The summed E-state index contributed by atoms with van der Waals surface area (Å²) in [6.45, 7) is 2.02.